The molecule has 0 aromatic heterocycles. The minimum atomic E-state index is -0.188. The molecule has 250 valence electrons. The summed E-state index contributed by atoms with van der Waals surface area (Å²) in [6.07, 6.45) is 11.1. The van der Waals surface area contributed by atoms with Gasteiger partial charge in [0, 0.05) is 92.1 Å². The topological polar surface area (TPSA) is 108 Å². The maximum Gasteiger partial charge on any atom is 0.160 e. The van der Waals surface area contributed by atoms with Gasteiger partial charge in [0.2, 0.25) is 0 Å². The van der Waals surface area contributed by atoms with Gasteiger partial charge in [-0.2, -0.15) is 0 Å². The molecule has 6 aliphatic heterocycles. The Morgan fingerprint density at radius 1 is 0.512 bits per heavy atom. The Morgan fingerprint density at radius 2 is 0.791 bits per heavy atom. The van der Waals surface area contributed by atoms with Crippen LogP contribution in [0.25, 0.3) is 0 Å². The van der Waals surface area contributed by atoms with Crippen LogP contribution in [0.3, 0.4) is 0 Å². The van der Waals surface area contributed by atoms with E-state index in [9.17, 15) is 9.59 Å². The van der Waals surface area contributed by atoms with Crippen LogP contribution >= 0.6 is 0 Å². The molecule has 8 heteroatoms. The summed E-state index contributed by atoms with van der Waals surface area (Å²) in [5.74, 6) is 0.393. The van der Waals surface area contributed by atoms with Crippen LogP contribution in [-0.4, -0.2) is 62.8 Å². The number of carbonyl (C=O) groups excluding carboxylic acids is 2. The SMILES string of the molecule is C.C.C.C.C.C.C.C.CCC1=NC2(C1)CC(CC1=NC3(CC(CC(C)=O)=N3)C1)=N2.CCCC1=NC2(C1)CC(CC(C)=O)=N2. The van der Waals surface area contributed by atoms with E-state index in [1.165, 1.54) is 29.3 Å². The highest BCUT2D eigenvalue weighted by Crippen LogP contribution is 2.44. The molecule has 43 heavy (non-hydrogen) atoms. The van der Waals surface area contributed by atoms with E-state index in [-0.39, 0.29) is 88.0 Å². The molecule has 0 amide bonds. The van der Waals surface area contributed by atoms with Crippen molar-refractivity contribution in [2.75, 3.05) is 0 Å². The molecule has 0 aliphatic carbocycles. The van der Waals surface area contributed by atoms with Crippen molar-refractivity contribution in [2.45, 2.75) is 181 Å². The summed E-state index contributed by atoms with van der Waals surface area (Å²) in [6, 6.07) is 0. The second kappa shape index (κ2) is 17.6. The van der Waals surface area contributed by atoms with Gasteiger partial charge in [0.1, 0.15) is 11.6 Å². The summed E-state index contributed by atoms with van der Waals surface area (Å²) in [5.41, 5.74) is 6.77. The van der Waals surface area contributed by atoms with E-state index in [2.05, 4.69) is 38.8 Å². The minimum absolute atomic E-state index is 0. The number of Topliss-reactive ketones (excluding diaryl/α,β-unsaturated/α-hetero) is 2. The first-order valence-electron chi connectivity index (χ1n) is 13.1. The lowest BCUT2D eigenvalue weighted by atomic mass is 9.79. The van der Waals surface area contributed by atoms with E-state index in [0.29, 0.717) is 12.8 Å². The van der Waals surface area contributed by atoms with Gasteiger partial charge in [0.15, 0.2) is 17.0 Å². The molecule has 0 radical (unpaired) electrons. The van der Waals surface area contributed by atoms with Crippen molar-refractivity contribution < 1.29 is 9.59 Å². The Hall–Kier alpha value is -2.64. The summed E-state index contributed by atoms with van der Waals surface area (Å²) >= 11 is 0. The molecule has 3 atom stereocenters. The average Bonchev–Trinajstić information content (AvgIpc) is 2.61. The van der Waals surface area contributed by atoms with Gasteiger partial charge in [-0.25, -0.2) is 0 Å². The Bertz CT molecular complexity index is 1160. The van der Waals surface area contributed by atoms with Crippen molar-refractivity contribution >= 4 is 45.8 Å². The quantitative estimate of drug-likeness (QED) is 0.261. The zero-order chi connectivity index (χ0) is 24.8. The molecule has 8 nitrogen and oxygen atoms in total. The minimum Gasteiger partial charge on any atom is -0.300 e. The normalized spacial score (nSPS) is 26.9. The highest BCUT2D eigenvalue weighted by molar-refractivity contribution is 6.13. The molecular formula is C35H68N6O2. The number of nitrogens with zero attached hydrogens (tertiary/aromatic N) is 6. The number of hydrogen-bond donors (Lipinski definition) is 0. The van der Waals surface area contributed by atoms with E-state index >= 15 is 0 Å². The van der Waals surface area contributed by atoms with E-state index in [1.807, 2.05) is 0 Å². The molecule has 6 rings (SSSR count). The molecule has 0 N–H and O–H groups in total. The van der Waals surface area contributed by atoms with Crippen LogP contribution in [0.2, 0.25) is 0 Å². The van der Waals surface area contributed by atoms with Gasteiger partial charge >= 0.3 is 0 Å². The summed E-state index contributed by atoms with van der Waals surface area (Å²) in [4.78, 5) is 49.3. The second-order valence-corrected chi connectivity index (χ2v) is 11.1. The van der Waals surface area contributed by atoms with Crippen LogP contribution in [0.15, 0.2) is 30.0 Å². The first-order valence-corrected chi connectivity index (χ1v) is 13.1. The summed E-state index contributed by atoms with van der Waals surface area (Å²) in [5, 5.41) is 0. The molecule has 3 spiro atoms. The number of hydrogen-bond acceptors (Lipinski definition) is 8. The van der Waals surface area contributed by atoms with E-state index < -0.39 is 0 Å². The van der Waals surface area contributed by atoms with Gasteiger partial charge in [-0.15, -0.1) is 0 Å². The van der Waals surface area contributed by atoms with Crippen molar-refractivity contribution in [1.29, 1.82) is 0 Å². The Morgan fingerprint density at radius 3 is 1.07 bits per heavy atom. The summed E-state index contributed by atoms with van der Waals surface area (Å²) in [7, 11) is 0. The van der Waals surface area contributed by atoms with Crippen LogP contribution in [0, 0.1) is 0 Å². The van der Waals surface area contributed by atoms with Crippen LogP contribution in [0.4, 0.5) is 0 Å². The average molecular weight is 605 g/mol. The van der Waals surface area contributed by atoms with Crippen molar-refractivity contribution in [3.05, 3.63) is 0 Å². The summed E-state index contributed by atoms with van der Waals surface area (Å²) < 4.78 is 0. The Kier molecular flexibility index (Phi) is 19.4. The fourth-order valence-corrected chi connectivity index (χ4v) is 6.01. The maximum atomic E-state index is 11.0. The van der Waals surface area contributed by atoms with Gasteiger partial charge < -0.3 is 0 Å². The number of carbonyl (C=O) groups is 2. The molecule has 0 saturated carbocycles. The molecule has 0 bridgehead atoms. The first-order chi connectivity index (χ1) is 16.6. The van der Waals surface area contributed by atoms with Crippen LogP contribution in [0.1, 0.15) is 164 Å². The van der Waals surface area contributed by atoms with Gasteiger partial charge in [-0.3, -0.25) is 39.5 Å². The van der Waals surface area contributed by atoms with Crippen molar-refractivity contribution in [3.8, 4) is 0 Å². The third kappa shape index (κ3) is 9.94. The van der Waals surface area contributed by atoms with Crippen LogP contribution in [0.5, 0.6) is 0 Å². The lowest BCUT2D eigenvalue weighted by molar-refractivity contribution is -0.116. The molecular weight excluding hydrogens is 536 g/mol. The Balaban J connectivity index is -0.000000314. The maximum absolute atomic E-state index is 11.0. The van der Waals surface area contributed by atoms with E-state index in [1.54, 1.807) is 13.8 Å². The molecule has 0 aromatic carbocycles. The highest BCUT2D eigenvalue weighted by atomic mass is 16.1. The van der Waals surface area contributed by atoms with E-state index in [4.69, 9.17) is 4.99 Å². The predicted octanol–water partition coefficient (Wildman–Crippen LogP) is 9.78. The first kappa shape index (κ1) is 47.3. The molecule has 0 aromatic rings. The summed E-state index contributed by atoms with van der Waals surface area (Å²) in [6.45, 7) is 7.54. The van der Waals surface area contributed by atoms with Crippen LogP contribution in [-0.2, 0) is 9.59 Å². The zero-order valence-corrected chi connectivity index (χ0v) is 21.5. The lowest BCUT2D eigenvalue weighted by Crippen LogP contribution is -2.50. The third-order valence-electron chi connectivity index (χ3n) is 7.38. The lowest BCUT2D eigenvalue weighted by Gasteiger charge is -2.45. The predicted molar refractivity (Wildman–Crippen MR) is 195 cm³/mol. The van der Waals surface area contributed by atoms with Gasteiger partial charge in [-0.05, 0) is 26.7 Å². The monoisotopic (exact) mass is 605 g/mol. The standard InChI is InChI=1S/C16H20N4O.C11H16N2O.8CH4/c1-3-11-6-15(17-11)8-13(19-15)5-14-9-16(20-14)7-12(18-16)4-10(2)21;1-3-4-9-6-11(12-9)7-10(13-11)5-8(2)14;;;;;;;;/h3-9H2,1-2H3;3-7H2,1-2H3;8*1H4. The molecule has 6 heterocycles. The zero-order valence-electron chi connectivity index (χ0n) is 21.5. The molecule has 6 aliphatic rings. The van der Waals surface area contributed by atoms with E-state index in [0.717, 1.165) is 69.2 Å². The van der Waals surface area contributed by atoms with Gasteiger partial charge in [-0.1, -0.05) is 79.7 Å². The van der Waals surface area contributed by atoms with Gasteiger partial charge in [0.05, 0.1) is 0 Å². The Labute approximate surface area is 266 Å². The molecule has 0 fully saturated rings. The fraction of sp³-hybridized carbons (Fsp3) is 0.771. The van der Waals surface area contributed by atoms with Gasteiger partial charge in [0.25, 0.3) is 0 Å². The molecule has 3 unspecified atom stereocenters. The number of rotatable bonds is 9. The van der Waals surface area contributed by atoms with Crippen molar-refractivity contribution in [3.63, 3.8) is 0 Å². The number of aliphatic imine (C=N–C) groups is 6. The second-order valence-electron chi connectivity index (χ2n) is 11.1. The van der Waals surface area contributed by atoms with Crippen molar-refractivity contribution in [1.82, 2.24) is 0 Å². The largest absolute Gasteiger partial charge is 0.300 e. The third-order valence-corrected chi connectivity index (χ3v) is 7.38. The van der Waals surface area contributed by atoms with Crippen LogP contribution < -0.4 is 0 Å². The molecule has 0 saturated heterocycles. The van der Waals surface area contributed by atoms with Crippen molar-refractivity contribution in [2.24, 2.45) is 30.0 Å². The number of ketones is 2. The highest BCUT2D eigenvalue weighted by Gasteiger charge is 2.49. The smallest absolute Gasteiger partial charge is 0.160 e. The fourth-order valence-electron chi connectivity index (χ4n) is 6.01.